The second-order valence-electron chi connectivity index (χ2n) is 6.84. The number of oxazole rings is 1. The largest absolute Gasteiger partial charge is 0.436 e. The van der Waals surface area contributed by atoms with Crippen LogP contribution in [0.4, 0.5) is 5.69 Å². The molecule has 0 saturated carbocycles. The predicted octanol–water partition coefficient (Wildman–Crippen LogP) is 6.64. The first-order valence-corrected chi connectivity index (χ1v) is 10.0. The molecule has 29 heavy (non-hydrogen) atoms. The summed E-state index contributed by atoms with van der Waals surface area (Å²) in [4.78, 5) is 17.3. The molecule has 1 aromatic heterocycles. The lowest BCUT2D eigenvalue weighted by Crippen LogP contribution is -2.13. The van der Waals surface area contributed by atoms with Crippen LogP contribution in [-0.2, 0) is 0 Å². The summed E-state index contributed by atoms with van der Waals surface area (Å²) in [7, 11) is 0. The van der Waals surface area contributed by atoms with Crippen LogP contribution < -0.4 is 5.32 Å². The number of aryl methyl sites for hydroxylation is 2. The zero-order valence-corrected chi connectivity index (χ0v) is 17.7. The van der Waals surface area contributed by atoms with Gasteiger partial charge in [0.2, 0.25) is 5.89 Å². The van der Waals surface area contributed by atoms with E-state index in [-0.39, 0.29) is 5.91 Å². The summed E-state index contributed by atoms with van der Waals surface area (Å²) in [6, 6.07) is 21.0. The summed E-state index contributed by atoms with van der Waals surface area (Å²) in [5, 5.41) is 2.97. The van der Waals surface area contributed by atoms with Crippen LogP contribution in [0, 0.1) is 13.8 Å². The number of carbonyl (C=O) groups excluding carboxylic acids is 1. The standard InChI is InChI=1S/C24H19BrN2O2/c1-15-7-12-19(13-16(15)2)27-23(28)20-5-3-4-6-21(20)24-26-14-22(29-24)17-8-10-18(25)11-9-17/h3-14H,1-2H3,(H,27,28). The molecule has 1 amide bonds. The molecule has 1 N–H and O–H groups in total. The molecule has 1 heterocycles. The van der Waals surface area contributed by atoms with Gasteiger partial charge in [0, 0.05) is 21.3 Å². The number of hydrogen-bond acceptors (Lipinski definition) is 3. The average molecular weight is 447 g/mol. The Morgan fingerprint density at radius 1 is 0.966 bits per heavy atom. The number of carbonyl (C=O) groups is 1. The molecule has 0 saturated heterocycles. The topological polar surface area (TPSA) is 55.1 Å². The van der Waals surface area contributed by atoms with Gasteiger partial charge >= 0.3 is 0 Å². The number of nitrogens with zero attached hydrogens (tertiary/aromatic N) is 1. The molecular weight excluding hydrogens is 428 g/mol. The number of amides is 1. The second-order valence-corrected chi connectivity index (χ2v) is 7.75. The molecule has 0 radical (unpaired) electrons. The van der Waals surface area contributed by atoms with Gasteiger partial charge in [0.05, 0.1) is 11.8 Å². The summed E-state index contributed by atoms with van der Waals surface area (Å²) in [5.74, 6) is 0.859. The van der Waals surface area contributed by atoms with Crippen molar-refractivity contribution in [3.8, 4) is 22.8 Å². The molecule has 3 aromatic carbocycles. The lowest BCUT2D eigenvalue weighted by molar-refractivity contribution is 0.102. The summed E-state index contributed by atoms with van der Waals surface area (Å²) >= 11 is 3.43. The number of nitrogens with one attached hydrogen (secondary N) is 1. The Balaban J connectivity index is 1.64. The molecule has 0 aliphatic rings. The first kappa shape index (κ1) is 19.2. The first-order chi connectivity index (χ1) is 14.0. The van der Waals surface area contributed by atoms with E-state index in [4.69, 9.17) is 4.42 Å². The normalized spacial score (nSPS) is 10.7. The number of rotatable bonds is 4. The van der Waals surface area contributed by atoms with Gasteiger partial charge in [-0.25, -0.2) is 4.98 Å². The minimum absolute atomic E-state index is 0.202. The molecular formula is C24H19BrN2O2. The fourth-order valence-corrected chi connectivity index (χ4v) is 3.30. The van der Waals surface area contributed by atoms with Crippen molar-refractivity contribution < 1.29 is 9.21 Å². The van der Waals surface area contributed by atoms with E-state index in [1.807, 2.05) is 74.5 Å². The van der Waals surface area contributed by atoms with Crippen LogP contribution >= 0.6 is 15.9 Å². The van der Waals surface area contributed by atoms with Gasteiger partial charge in [-0.15, -0.1) is 0 Å². The Bertz CT molecular complexity index is 1180. The Morgan fingerprint density at radius 3 is 2.48 bits per heavy atom. The van der Waals surface area contributed by atoms with Gasteiger partial charge in [0.15, 0.2) is 5.76 Å². The van der Waals surface area contributed by atoms with Gasteiger partial charge < -0.3 is 9.73 Å². The molecule has 4 aromatic rings. The third-order valence-electron chi connectivity index (χ3n) is 4.80. The van der Waals surface area contributed by atoms with Crippen molar-refractivity contribution >= 4 is 27.5 Å². The van der Waals surface area contributed by atoms with Gasteiger partial charge in [-0.1, -0.05) is 46.3 Å². The lowest BCUT2D eigenvalue weighted by Gasteiger charge is -2.10. The van der Waals surface area contributed by atoms with Gasteiger partial charge in [0.1, 0.15) is 0 Å². The lowest BCUT2D eigenvalue weighted by atomic mass is 10.1. The van der Waals surface area contributed by atoms with Crippen molar-refractivity contribution in [3.05, 3.63) is 94.1 Å². The van der Waals surface area contributed by atoms with Crippen molar-refractivity contribution in [2.75, 3.05) is 5.32 Å². The Hall–Kier alpha value is -3.18. The maximum absolute atomic E-state index is 12.9. The van der Waals surface area contributed by atoms with Crippen LogP contribution in [-0.4, -0.2) is 10.9 Å². The fraction of sp³-hybridized carbons (Fsp3) is 0.0833. The zero-order valence-electron chi connectivity index (χ0n) is 16.1. The van der Waals surface area contributed by atoms with Crippen molar-refractivity contribution in [1.29, 1.82) is 0 Å². The Morgan fingerprint density at radius 2 is 1.72 bits per heavy atom. The summed E-state index contributed by atoms with van der Waals surface area (Å²) in [6.45, 7) is 4.07. The van der Waals surface area contributed by atoms with Crippen molar-refractivity contribution in [1.82, 2.24) is 4.98 Å². The van der Waals surface area contributed by atoms with Crippen LogP contribution in [0.2, 0.25) is 0 Å². The molecule has 0 fully saturated rings. The smallest absolute Gasteiger partial charge is 0.256 e. The zero-order chi connectivity index (χ0) is 20.4. The third-order valence-corrected chi connectivity index (χ3v) is 5.33. The Labute approximate surface area is 177 Å². The van der Waals surface area contributed by atoms with Gasteiger partial charge in [-0.05, 0) is 61.4 Å². The molecule has 144 valence electrons. The highest BCUT2D eigenvalue weighted by molar-refractivity contribution is 9.10. The molecule has 5 heteroatoms. The van der Waals surface area contributed by atoms with Crippen molar-refractivity contribution in [2.45, 2.75) is 13.8 Å². The van der Waals surface area contributed by atoms with Crippen LogP contribution in [0.25, 0.3) is 22.8 Å². The van der Waals surface area contributed by atoms with E-state index in [0.717, 1.165) is 21.3 Å². The highest BCUT2D eigenvalue weighted by atomic mass is 79.9. The molecule has 4 rings (SSSR count). The summed E-state index contributed by atoms with van der Waals surface area (Å²) < 4.78 is 6.96. The number of aromatic nitrogens is 1. The van der Waals surface area contributed by atoms with Gasteiger partial charge in [-0.3, -0.25) is 4.79 Å². The van der Waals surface area contributed by atoms with Crippen molar-refractivity contribution in [2.24, 2.45) is 0 Å². The van der Waals surface area contributed by atoms with Crippen molar-refractivity contribution in [3.63, 3.8) is 0 Å². The molecule has 0 bridgehead atoms. The van der Waals surface area contributed by atoms with Crippen LogP contribution in [0.5, 0.6) is 0 Å². The molecule has 0 spiro atoms. The minimum atomic E-state index is -0.202. The van der Waals surface area contributed by atoms with Gasteiger partial charge in [-0.2, -0.15) is 0 Å². The molecule has 0 atom stereocenters. The van der Waals surface area contributed by atoms with E-state index in [0.29, 0.717) is 22.8 Å². The highest BCUT2D eigenvalue weighted by Gasteiger charge is 2.17. The third kappa shape index (κ3) is 4.15. The molecule has 0 aliphatic carbocycles. The fourth-order valence-electron chi connectivity index (χ4n) is 3.03. The van der Waals surface area contributed by atoms with Crippen LogP contribution in [0.1, 0.15) is 21.5 Å². The number of anilines is 1. The van der Waals surface area contributed by atoms with Crippen LogP contribution in [0.15, 0.2) is 81.8 Å². The highest BCUT2D eigenvalue weighted by Crippen LogP contribution is 2.29. The molecule has 0 unspecified atom stereocenters. The summed E-state index contributed by atoms with van der Waals surface area (Å²) in [6.07, 6.45) is 1.68. The summed E-state index contributed by atoms with van der Waals surface area (Å²) in [5.41, 5.74) is 5.15. The molecule has 0 aliphatic heterocycles. The predicted molar refractivity (Wildman–Crippen MR) is 119 cm³/mol. The minimum Gasteiger partial charge on any atom is -0.436 e. The van der Waals surface area contributed by atoms with Gasteiger partial charge in [0.25, 0.3) is 5.91 Å². The SMILES string of the molecule is Cc1ccc(NC(=O)c2ccccc2-c2ncc(-c3ccc(Br)cc3)o2)cc1C. The average Bonchev–Trinajstić information content (AvgIpc) is 3.21. The number of benzene rings is 3. The number of hydrogen-bond donors (Lipinski definition) is 1. The maximum atomic E-state index is 12.9. The second kappa shape index (κ2) is 8.05. The van der Waals surface area contributed by atoms with E-state index in [1.165, 1.54) is 5.56 Å². The van der Waals surface area contributed by atoms with E-state index in [2.05, 4.69) is 26.2 Å². The van der Waals surface area contributed by atoms with E-state index >= 15 is 0 Å². The van der Waals surface area contributed by atoms with E-state index in [1.54, 1.807) is 12.3 Å². The van der Waals surface area contributed by atoms with E-state index in [9.17, 15) is 4.79 Å². The maximum Gasteiger partial charge on any atom is 0.256 e. The monoisotopic (exact) mass is 446 g/mol. The molecule has 4 nitrogen and oxygen atoms in total. The first-order valence-electron chi connectivity index (χ1n) is 9.21. The number of halogens is 1. The van der Waals surface area contributed by atoms with E-state index < -0.39 is 0 Å². The van der Waals surface area contributed by atoms with Crippen LogP contribution in [0.3, 0.4) is 0 Å². The quantitative estimate of drug-likeness (QED) is 0.382. The Kier molecular flexibility index (Phi) is 5.32.